The third kappa shape index (κ3) is 3.81. The van der Waals surface area contributed by atoms with Gasteiger partial charge in [0.05, 0.1) is 7.11 Å². The highest BCUT2D eigenvalue weighted by molar-refractivity contribution is 5.65. The topological polar surface area (TPSA) is 57.8 Å². The Labute approximate surface area is 172 Å². The van der Waals surface area contributed by atoms with Gasteiger partial charge in [-0.1, -0.05) is 13.8 Å². The Morgan fingerprint density at radius 3 is 2.41 bits per heavy atom. The first kappa shape index (κ1) is 21.1. The molecule has 0 radical (unpaired) electrons. The number of fused-ring (bicyclic) bond motifs is 1. The first-order chi connectivity index (χ1) is 14.0. The van der Waals surface area contributed by atoms with Crippen molar-refractivity contribution in [3.05, 3.63) is 51.4 Å². The van der Waals surface area contributed by atoms with Gasteiger partial charge in [0.1, 0.15) is 18.0 Å². The molecule has 0 bridgehead atoms. The highest BCUT2D eigenvalue weighted by atomic mass is 16.5. The van der Waals surface area contributed by atoms with E-state index >= 15 is 0 Å². The maximum absolute atomic E-state index is 13.6. The molecular weight excluding hydrogens is 366 g/mol. The summed E-state index contributed by atoms with van der Waals surface area (Å²) >= 11 is 0. The van der Waals surface area contributed by atoms with Crippen LogP contribution in [0, 0.1) is 13.8 Å². The molecule has 6 nitrogen and oxygen atoms in total. The van der Waals surface area contributed by atoms with E-state index < -0.39 is 0 Å². The largest absolute Gasteiger partial charge is 0.497 e. The van der Waals surface area contributed by atoms with Crippen molar-refractivity contribution in [2.75, 3.05) is 13.7 Å². The van der Waals surface area contributed by atoms with Crippen LogP contribution in [0.4, 0.5) is 0 Å². The Balaban J connectivity index is 2.33. The fourth-order valence-electron chi connectivity index (χ4n) is 3.92. The highest BCUT2D eigenvalue weighted by Gasteiger charge is 2.22. The van der Waals surface area contributed by atoms with E-state index in [1.807, 2.05) is 39.0 Å². The number of aryl methyl sites for hydroxylation is 2. The van der Waals surface area contributed by atoms with Gasteiger partial charge in [-0.05, 0) is 74.9 Å². The van der Waals surface area contributed by atoms with Gasteiger partial charge in [-0.15, -0.1) is 5.10 Å². The zero-order valence-electron chi connectivity index (χ0n) is 18.3. The molecule has 2 aromatic heterocycles. The van der Waals surface area contributed by atoms with E-state index in [2.05, 4.69) is 19.9 Å². The van der Waals surface area contributed by atoms with Gasteiger partial charge in [0, 0.05) is 17.9 Å². The van der Waals surface area contributed by atoms with Crippen LogP contribution in [0.3, 0.4) is 0 Å². The second-order valence-corrected chi connectivity index (χ2v) is 7.37. The quantitative estimate of drug-likeness (QED) is 0.553. The van der Waals surface area contributed by atoms with Gasteiger partial charge >= 0.3 is 0 Å². The molecule has 0 aliphatic heterocycles. The van der Waals surface area contributed by atoms with Crippen LogP contribution in [0.5, 0.6) is 5.75 Å². The molecule has 1 aromatic carbocycles. The monoisotopic (exact) mass is 397 g/mol. The van der Waals surface area contributed by atoms with Crippen molar-refractivity contribution in [3.8, 4) is 17.1 Å². The normalized spacial score (nSPS) is 11.6. The van der Waals surface area contributed by atoms with Crippen molar-refractivity contribution in [3.63, 3.8) is 0 Å². The van der Waals surface area contributed by atoms with Crippen molar-refractivity contribution in [2.45, 2.75) is 60.1 Å². The van der Waals surface area contributed by atoms with Crippen molar-refractivity contribution >= 4 is 5.52 Å². The van der Waals surface area contributed by atoms with Gasteiger partial charge in [0.25, 0.3) is 5.56 Å². The lowest BCUT2D eigenvalue weighted by molar-refractivity contribution is 0.0858. The van der Waals surface area contributed by atoms with Crippen LogP contribution in [0.1, 0.15) is 56.4 Å². The first-order valence-corrected chi connectivity index (χ1v) is 10.3. The van der Waals surface area contributed by atoms with Gasteiger partial charge in [0.2, 0.25) is 0 Å². The van der Waals surface area contributed by atoms with Gasteiger partial charge < -0.3 is 9.47 Å². The van der Waals surface area contributed by atoms with Crippen molar-refractivity contribution in [1.82, 2.24) is 14.2 Å². The number of methoxy groups -OCH3 is 1. The zero-order chi connectivity index (χ0) is 21.1. The summed E-state index contributed by atoms with van der Waals surface area (Å²) in [5.74, 6) is 1.72. The third-order valence-electron chi connectivity index (χ3n) is 5.61. The van der Waals surface area contributed by atoms with Crippen LogP contribution in [0.2, 0.25) is 0 Å². The lowest BCUT2D eigenvalue weighted by Gasteiger charge is -2.17. The van der Waals surface area contributed by atoms with Gasteiger partial charge in [-0.3, -0.25) is 9.36 Å². The standard InChI is InChI=1S/C23H31N3O3/c1-7-17(8-2)20-13-16(5)26-21(20)23(27)25(14-29-9-3)22(24-26)19-11-10-18(28-6)12-15(19)4/h10-13,17H,7-9,14H2,1-6H3. The summed E-state index contributed by atoms with van der Waals surface area (Å²) in [6, 6.07) is 7.90. The molecule has 0 N–H and O–H groups in total. The molecule has 3 rings (SSSR count). The van der Waals surface area contributed by atoms with Crippen molar-refractivity contribution in [1.29, 1.82) is 0 Å². The second kappa shape index (κ2) is 8.82. The number of hydrogen-bond donors (Lipinski definition) is 0. The molecule has 6 heteroatoms. The molecule has 0 fully saturated rings. The lowest BCUT2D eigenvalue weighted by atomic mass is 9.95. The Kier molecular flexibility index (Phi) is 6.42. The van der Waals surface area contributed by atoms with Crippen LogP contribution in [0.15, 0.2) is 29.1 Å². The maximum Gasteiger partial charge on any atom is 0.280 e. The average Bonchev–Trinajstić information content (AvgIpc) is 3.04. The SMILES string of the molecule is CCOCn1c(-c2ccc(OC)cc2C)nn2c(C)cc(C(CC)CC)c2c1=O. The van der Waals surface area contributed by atoms with Crippen LogP contribution in [-0.2, 0) is 11.5 Å². The molecule has 0 aliphatic rings. The average molecular weight is 398 g/mol. The number of aromatic nitrogens is 3. The molecule has 0 atom stereocenters. The Hall–Kier alpha value is -2.60. The Morgan fingerprint density at radius 2 is 1.83 bits per heavy atom. The number of rotatable bonds is 8. The number of ether oxygens (including phenoxy) is 2. The summed E-state index contributed by atoms with van der Waals surface area (Å²) in [6.07, 6.45) is 1.97. The van der Waals surface area contributed by atoms with E-state index in [1.165, 1.54) is 0 Å². The predicted molar refractivity (Wildman–Crippen MR) is 116 cm³/mol. The third-order valence-corrected chi connectivity index (χ3v) is 5.61. The van der Waals surface area contributed by atoms with E-state index in [1.54, 1.807) is 16.2 Å². The van der Waals surface area contributed by atoms with Gasteiger partial charge in [0.15, 0.2) is 5.82 Å². The summed E-state index contributed by atoms with van der Waals surface area (Å²) < 4.78 is 14.4. The van der Waals surface area contributed by atoms with E-state index in [0.29, 0.717) is 23.9 Å². The molecule has 2 heterocycles. The molecule has 156 valence electrons. The van der Waals surface area contributed by atoms with Crippen LogP contribution in [0.25, 0.3) is 16.9 Å². The molecular formula is C23H31N3O3. The lowest BCUT2D eigenvalue weighted by Crippen LogP contribution is -2.28. The van der Waals surface area contributed by atoms with E-state index in [9.17, 15) is 4.79 Å². The van der Waals surface area contributed by atoms with E-state index in [4.69, 9.17) is 14.6 Å². The smallest absolute Gasteiger partial charge is 0.280 e. The van der Waals surface area contributed by atoms with E-state index in [0.717, 1.165) is 41.0 Å². The number of hydrogen-bond acceptors (Lipinski definition) is 4. The summed E-state index contributed by atoms with van der Waals surface area (Å²) in [5, 5.41) is 4.91. The molecule has 0 amide bonds. The molecule has 0 saturated heterocycles. The summed E-state index contributed by atoms with van der Waals surface area (Å²) in [6.45, 7) is 10.9. The van der Waals surface area contributed by atoms with Crippen LogP contribution in [-0.4, -0.2) is 27.9 Å². The summed E-state index contributed by atoms with van der Waals surface area (Å²) in [5.41, 5.74) is 4.52. The van der Waals surface area contributed by atoms with E-state index in [-0.39, 0.29) is 12.3 Å². The molecule has 0 spiro atoms. The Morgan fingerprint density at radius 1 is 1.10 bits per heavy atom. The molecule has 0 aliphatic carbocycles. The second-order valence-electron chi connectivity index (χ2n) is 7.37. The molecule has 3 aromatic rings. The summed E-state index contributed by atoms with van der Waals surface area (Å²) in [7, 11) is 1.65. The minimum atomic E-state index is -0.0614. The molecule has 0 unspecified atom stereocenters. The minimum Gasteiger partial charge on any atom is -0.497 e. The molecule has 0 saturated carbocycles. The number of nitrogens with zero attached hydrogens (tertiary/aromatic N) is 3. The zero-order valence-corrected chi connectivity index (χ0v) is 18.3. The van der Waals surface area contributed by atoms with Gasteiger partial charge in [-0.25, -0.2) is 4.52 Å². The summed E-state index contributed by atoms with van der Waals surface area (Å²) in [4.78, 5) is 13.6. The minimum absolute atomic E-state index is 0.0614. The van der Waals surface area contributed by atoms with Crippen molar-refractivity contribution in [2.24, 2.45) is 0 Å². The number of benzene rings is 1. The fourth-order valence-corrected chi connectivity index (χ4v) is 3.92. The van der Waals surface area contributed by atoms with Gasteiger partial charge in [-0.2, -0.15) is 0 Å². The molecule has 29 heavy (non-hydrogen) atoms. The van der Waals surface area contributed by atoms with Crippen LogP contribution < -0.4 is 10.3 Å². The highest BCUT2D eigenvalue weighted by Crippen LogP contribution is 2.30. The Bertz CT molecular complexity index is 1060. The first-order valence-electron chi connectivity index (χ1n) is 10.3. The van der Waals surface area contributed by atoms with Crippen molar-refractivity contribution < 1.29 is 9.47 Å². The van der Waals surface area contributed by atoms with Crippen LogP contribution >= 0.6 is 0 Å². The predicted octanol–water partition coefficient (Wildman–Crippen LogP) is 4.69. The fraction of sp³-hybridized carbons (Fsp3) is 0.478. The maximum atomic E-state index is 13.6.